The molecule has 0 aromatic heterocycles. The van der Waals surface area contributed by atoms with Crippen LogP contribution in [0.15, 0.2) is 0 Å². The van der Waals surface area contributed by atoms with Crippen LogP contribution in [0.2, 0.25) is 0 Å². The third-order valence-corrected chi connectivity index (χ3v) is 6.45. The highest BCUT2D eigenvalue weighted by molar-refractivity contribution is 5.80. The molecule has 0 aliphatic heterocycles. The first-order chi connectivity index (χ1) is 12.1. The van der Waals surface area contributed by atoms with E-state index in [-0.39, 0.29) is 23.8 Å². The standard InChI is InChI=1S/C20H31N3O2/c21-14-20(11-4-12-20)23-19(25)16-7-9-17(10-8-16)22-18(24)13-15-5-2-1-3-6-15/h15-17H,1-13H2,(H,22,24)(H,23,25). The van der Waals surface area contributed by atoms with Gasteiger partial charge in [-0.25, -0.2) is 0 Å². The second kappa shape index (κ2) is 8.21. The summed E-state index contributed by atoms with van der Waals surface area (Å²) in [7, 11) is 0. The minimum absolute atomic E-state index is 0.00248. The zero-order valence-electron chi connectivity index (χ0n) is 15.2. The molecule has 0 unspecified atom stereocenters. The Bertz CT molecular complexity index is 522. The van der Waals surface area contributed by atoms with Crippen LogP contribution in [0.4, 0.5) is 0 Å². The predicted octanol–water partition coefficient (Wildman–Crippen LogP) is 3.19. The summed E-state index contributed by atoms with van der Waals surface area (Å²) in [5.74, 6) is 0.795. The molecule has 0 heterocycles. The molecule has 3 fully saturated rings. The lowest BCUT2D eigenvalue weighted by Gasteiger charge is -2.38. The van der Waals surface area contributed by atoms with Gasteiger partial charge in [-0.05, 0) is 63.7 Å². The molecule has 0 aromatic rings. The van der Waals surface area contributed by atoms with Gasteiger partial charge in [0.05, 0.1) is 6.07 Å². The van der Waals surface area contributed by atoms with Crippen molar-refractivity contribution >= 4 is 11.8 Å². The smallest absolute Gasteiger partial charge is 0.224 e. The Hall–Kier alpha value is -1.57. The third-order valence-electron chi connectivity index (χ3n) is 6.45. The Labute approximate surface area is 150 Å². The molecule has 3 aliphatic rings. The van der Waals surface area contributed by atoms with Crippen LogP contribution in [0, 0.1) is 23.2 Å². The molecule has 0 aromatic carbocycles. The minimum Gasteiger partial charge on any atom is -0.353 e. The van der Waals surface area contributed by atoms with Crippen molar-refractivity contribution in [2.45, 2.75) is 95.1 Å². The molecular formula is C20H31N3O2. The SMILES string of the molecule is N#CC1(NC(=O)C2CCC(NC(=O)CC3CCCCC3)CC2)CCC1. The molecule has 0 spiro atoms. The van der Waals surface area contributed by atoms with E-state index in [1.54, 1.807) is 0 Å². The van der Waals surface area contributed by atoms with E-state index in [4.69, 9.17) is 0 Å². The summed E-state index contributed by atoms with van der Waals surface area (Å²) in [6.45, 7) is 0. The second-order valence-electron chi connectivity index (χ2n) is 8.36. The van der Waals surface area contributed by atoms with Crippen molar-refractivity contribution in [2.75, 3.05) is 0 Å². The fourth-order valence-corrected chi connectivity index (χ4v) is 4.57. The van der Waals surface area contributed by atoms with Crippen LogP contribution in [0.3, 0.4) is 0 Å². The molecule has 5 nitrogen and oxygen atoms in total. The quantitative estimate of drug-likeness (QED) is 0.803. The van der Waals surface area contributed by atoms with E-state index in [9.17, 15) is 14.9 Å². The molecule has 0 saturated heterocycles. The number of nitrogens with one attached hydrogen (secondary N) is 2. The molecule has 0 bridgehead atoms. The Morgan fingerprint density at radius 2 is 1.64 bits per heavy atom. The first-order valence-corrected chi connectivity index (χ1v) is 10.1. The number of hydrogen-bond acceptors (Lipinski definition) is 3. The minimum atomic E-state index is -0.595. The first-order valence-electron chi connectivity index (χ1n) is 10.1. The van der Waals surface area contributed by atoms with Crippen molar-refractivity contribution in [3.8, 4) is 6.07 Å². The van der Waals surface area contributed by atoms with E-state index in [0.717, 1.165) is 44.9 Å². The summed E-state index contributed by atoms with van der Waals surface area (Å²) in [5.41, 5.74) is -0.595. The largest absolute Gasteiger partial charge is 0.353 e. The lowest BCUT2D eigenvalue weighted by atomic mass is 9.77. The number of rotatable bonds is 5. The van der Waals surface area contributed by atoms with Gasteiger partial charge in [0, 0.05) is 18.4 Å². The molecule has 5 heteroatoms. The van der Waals surface area contributed by atoms with Crippen molar-refractivity contribution in [2.24, 2.45) is 11.8 Å². The number of hydrogen-bond donors (Lipinski definition) is 2. The molecule has 3 aliphatic carbocycles. The van der Waals surface area contributed by atoms with Gasteiger partial charge in [0.15, 0.2) is 0 Å². The van der Waals surface area contributed by atoms with E-state index in [0.29, 0.717) is 12.3 Å². The molecule has 138 valence electrons. The van der Waals surface area contributed by atoms with Gasteiger partial charge in [-0.1, -0.05) is 19.3 Å². The molecule has 25 heavy (non-hydrogen) atoms. The van der Waals surface area contributed by atoms with E-state index in [1.165, 1.54) is 32.1 Å². The number of carbonyl (C=O) groups excluding carboxylic acids is 2. The summed E-state index contributed by atoms with van der Waals surface area (Å²) in [5, 5.41) is 15.4. The van der Waals surface area contributed by atoms with Crippen LogP contribution >= 0.6 is 0 Å². The molecule has 2 amide bonds. The topological polar surface area (TPSA) is 82.0 Å². The molecule has 3 rings (SSSR count). The predicted molar refractivity (Wildman–Crippen MR) is 95.4 cm³/mol. The van der Waals surface area contributed by atoms with Gasteiger partial charge in [-0.3, -0.25) is 9.59 Å². The highest BCUT2D eigenvalue weighted by atomic mass is 16.2. The molecule has 2 N–H and O–H groups in total. The molecule has 3 saturated carbocycles. The van der Waals surface area contributed by atoms with E-state index >= 15 is 0 Å². The fourth-order valence-electron chi connectivity index (χ4n) is 4.57. The van der Waals surface area contributed by atoms with Crippen LogP contribution in [0.1, 0.15) is 83.5 Å². The van der Waals surface area contributed by atoms with Crippen molar-refractivity contribution in [1.29, 1.82) is 5.26 Å². The van der Waals surface area contributed by atoms with Gasteiger partial charge in [0.25, 0.3) is 0 Å². The van der Waals surface area contributed by atoms with Crippen LogP contribution < -0.4 is 10.6 Å². The van der Waals surface area contributed by atoms with Crippen LogP contribution in [-0.4, -0.2) is 23.4 Å². The number of nitrogens with zero attached hydrogens (tertiary/aromatic N) is 1. The summed E-state index contributed by atoms with van der Waals surface area (Å²) in [6, 6.07) is 2.49. The lowest BCUT2D eigenvalue weighted by Crippen LogP contribution is -2.54. The van der Waals surface area contributed by atoms with Gasteiger partial charge in [-0.2, -0.15) is 5.26 Å². The Balaban J connectivity index is 1.37. The number of amides is 2. The summed E-state index contributed by atoms with van der Waals surface area (Å²) in [6.07, 6.45) is 12.8. The number of nitriles is 1. The Morgan fingerprint density at radius 3 is 2.20 bits per heavy atom. The fraction of sp³-hybridized carbons (Fsp3) is 0.850. The van der Waals surface area contributed by atoms with E-state index < -0.39 is 5.54 Å². The summed E-state index contributed by atoms with van der Waals surface area (Å²) >= 11 is 0. The third kappa shape index (κ3) is 4.74. The van der Waals surface area contributed by atoms with Crippen LogP contribution in [0.25, 0.3) is 0 Å². The van der Waals surface area contributed by atoms with Gasteiger partial charge in [0.1, 0.15) is 5.54 Å². The number of carbonyl (C=O) groups is 2. The maximum absolute atomic E-state index is 12.4. The van der Waals surface area contributed by atoms with Crippen molar-refractivity contribution in [3.05, 3.63) is 0 Å². The van der Waals surface area contributed by atoms with Crippen LogP contribution in [-0.2, 0) is 9.59 Å². The van der Waals surface area contributed by atoms with Gasteiger partial charge >= 0.3 is 0 Å². The van der Waals surface area contributed by atoms with Crippen molar-refractivity contribution in [3.63, 3.8) is 0 Å². The highest BCUT2D eigenvalue weighted by Crippen LogP contribution is 2.33. The lowest BCUT2D eigenvalue weighted by molar-refractivity contribution is -0.128. The maximum Gasteiger partial charge on any atom is 0.224 e. The first kappa shape index (κ1) is 18.2. The van der Waals surface area contributed by atoms with Crippen molar-refractivity contribution in [1.82, 2.24) is 10.6 Å². The summed E-state index contributed by atoms with van der Waals surface area (Å²) < 4.78 is 0. The molecular weight excluding hydrogens is 314 g/mol. The van der Waals surface area contributed by atoms with Gasteiger partial charge < -0.3 is 10.6 Å². The van der Waals surface area contributed by atoms with Crippen LogP contribution in [0.5, 0.6) is 0 Å². The zero-order chi connectivity index (χ0) is 17.7. The van der Waals surface area contributed by atoms with Crippen molar-refractivity contribution < 1.29 is 9.59 Å². The average molecular weight is 345 g/mol. The normalized spacial score (nSPS) is 29.1. The monoisotopic (exact) mass is 345 g/mol. The van der Waals surface area contributed by atoms with Gasteiger partial charge in [-0.15, -0.1) is 0 Å². The highest BCUT2D eigenvalue weighted by Gasteiger charge is 2.40. The molecule has 0 atom stereocenters. The maximum atomic E-state index is 12.4. The Morgan fingerprint density at radius 1 is 0.960 bits per heavy atom. The van der Waals surface area contributed by atoms with E-state index in [1.807, 2.05) is 0 Å². The second-order valence-corrected chi connectivity index (χ2v) is 8.36. The zero-order valence-corrected chi connectivity index (χ0v) is 15.2. The average Bonchev–Trinajstić information content (AvgIpc) is 2.59. The Kier molecular flexibility index (Phi) is 5.98. The van der Waals surface area contributed by atoms with Gasteiger partial charge in [0.2, 0.25) is 11.8 Å². The molecule has 0 radical (unpaired) electrons. The summed E-state index contributed by atoms with van der Waals surface area (Å²) in [4.78, 5) is 24.6. The van der Waals surface area contributed by atoms with E-state index in [2.05, 4.69) is 16.7 Å².